The predicted octanol–water partition coefficient (Wildman–Crippen LogP) is 1.91. The van der Waals surface area contributed by atoms with Crippen LogP contribution in [-0.2, 0) is 17.7 Å². The van der Waals surface area contributed by atoms with Gasteiger partial charge in [-0.05, 0) is 27.3 Å². The molecular weight excluding hydrogens is 209 g/mol. The van der Waals surface area contributed by atoms with Crippen LogP contribution in [0.2, 0.25) is 0 Å². The zero-order chi connectivity index (χ0) is 11.5. The summed E-state index contributed by atoms with van der Waals surface area (Å²) in [6.45, 7) is 7.40. The highest BCUT2D eigenvalue weighted by Gasteiger charge is 2.11. The van der Waals surface area contributed by atoms with Crippen LogP contribution in [0.3, 0.4) is 0 Å². The van der Waals surface area contributed by atoms with Gasteiger partial charge in [0.15, 0.2) is 0 Å². The quantitative estimate of drug-likeness (QED) is 0.724. The molecule has 0 aliphatic rings. The van der Waals surface area contributed by atoms with Gasteiger partial charge in [0.25, 0.3) is 0 Å². The zero-order valence-electron chi connectivity index (χ0n) is 9.97. The van der Waals surface area contributed by atoms with Crippen LogP contribution < -0.4 is 0 Å². The molecule has 0 atom stereocenters. The fraction of sp³-hybridized carbons (Fsp3) is 0.700. The van der Waals surface area contributed by atoms with Crippen molar-refractivity contribution in [1.82, 2.24) is 14.7 Å². The Labute approximate surface area is 91.6 Å². The topological polar surface area (TPSA) is 38.1 Å². The van der Waals surface area contributed by atoms with E-state index in [2.05, 4.69) is 16.9 Å². The van der Waals surface area contributed by atoms with Crippen molar-refractivity contribution >= 4 is 7.14 Å². The number of rotatable bonds is 5. The number of nitrogens with zero attached hydrogens (tertiary/aromatic N) is 3. The average Bonchev–Trinajstić information content (AvgIpc) is 2.48. The van der Waals surface area contributed by atoms with E-state index in [9.17, 15) is 4.57 Å². The second-order valence-electron chi connectivity index (χ2n) is 4.43. The highest BCUT2D eigenvalue weighted by atomic mass is 31.2. The van der Waals surface area contributed by atoms with Crippen molar-refractivity contribution in [3.05, 3.63) is 18.0 Å². The summed E-state index contributed by atoms with van der Waals surface area (Å²) in [5.74, 6) is 0. The second kappa shape index (κ2) is 4.95. The molecule has 0 radical (unpaired) electrons. The molecule has 5 heteroatoms. The van der Waals surface area contributed by atoms with Crippen molar-refractivity contribution in [1.29, 1.82) is 0 Å². The maximum atomic E-state index is 11.6. The summed E-state index contributed by atoms with van der Waals surface area (Å²) < 4.78 is 13.5. The monoisotopic (exact) mass is 229 g/mol. The molecule has 0 unspecified atom stereocenters. The van der Waals surface area contributed by atoms with Gasteiger partial charge in [0.05, 0.1) is 19.6 Å². The molecule has 0 spiro atoms. The van der Waals surface area contributed by atoms with Gasteiger partial charge in [-0.2, -0.15) is 5.10 Å². The van der Waals surface area contributed by atoms with E-state index < -0.39 is 7.14 Å². The standard InChI is InChI=1S/C10H20N3OP/c1-5-13-8-10(6-11-13)7-12(2)9-15(3,4)14/h6,8H,5,7,9H2,1-4H3. The number of aromatic nitrogens is 2. The normalized spacial score (nSPS) is 12.3. The smallest absolute Gasteiger partial charge is 0.0951 e. The number of hydrogen-bond donors (Lipinski definition) is 0. The molecule has 0 bridgehead atoms. The lowest BCUT2D eigenvalue weighted by Gasteiger charge is -2.18. The van der Waals surface area contributed by atoms with E-state index in [4.69, 9.17) is 0 Å². The minimum atomic E-state index is -1.96. The Kier molecular flexibility index (Phi) is 4.12. The summed E-state index contributed by atoms with van der Waals surface area (Å²) in [5.41, 5.74) is 1.17. The van der Waals surface area contributed by atoms with Crippen molar-refractivity contribution < 1.29 is 4.57 Å². The Morgan fingerprint density at radius 3 is 2.67 bits per heavy atom. The molecule has 1 rings (SSSR count). The molecular formula is C10H20N3OP. The first-order valence-corrected chi connectivity index (χ1v) is 7.93. The second-order valence-corrected chi connectivity index (χ2v) is 7.86. The molecule has 0 aliphatic heterocycles. The van der Waals surface area contributed by atoms with E-state index in [1.807, 2.05) is 37.5 Å². The molecule has 15 heavy (non-hydrogen) atoms. The molecule has 0 fully saturated rings. The average molecular weight is 229 g/mol. The predicted molar refractivity (Wildman–Crippen MR) is 63.7 cm³/mol. The summed E-state index contributed by atoms with van der Waals surface area (Å²) in [6, 6.07) is 0. The van der Waals surface area contributed by atoms with E-state index in [1.54, 1.807) is 0 Å². The van der Waals surface area contributed by atoms with Crippen molar-refractivity contribution in [2.45, 2.75) is 20.0 Å². The minimum Gasteiger partial charge on any atom is -0.323 e. The van der Waals surface area contributed by atoms with E-state index in [0.29, 0.717) is 6.29 Å². The molecule has 86 valence electrons. The van der Waals surface area contributed by atoms with Crippen LogP contribution in [0.1, 0.15) is 12.5 Å². The van der Waals surface area contributed by atoms with E-state index in [-0.39, 0.29) is 0 Å². The van der Waals surface area contributed by atoms with Gasteiger partial charge in [0.1, 0.15) is 0 Å². The van der Waals surface area contributed by atoms with Crippen LogP contribution >= 0.6 is 7.14 Å². The van der Waals surface area contributed by atoms with Crippen LogP contribution in [0.5, 0.6) is 0 Å². The molecule has 0 saturated heterocycles. The molecule has 0 N–H and O–H groups in total. The first kappa shape index (κ1) is 12.5. The van der Waals surface area contributed by atoms with E-state index in [1.165, 1.54) is 5.56 Å². The van der Waals surface area contributed by atoms with Crippen LogP contribution in [0.25, 0.3) is 0 Å². The van der Waals surface area contributed by atoms with E-state index >= 15 is 0 Å². The number of hydrogen-bond acceptors (Lipinski definition) is 3. The summed E-state index contributed by atoms with van der Waals surface area (Å²) in [5, 5.41) is 4.21. The first-order chi connectivity index (χ1) is 6.90. The fourth-order valence-electron chi connectivity index (χ4n) is 1.60. The Morgan fingerprint density at radius 2 is 2.20 bits per heavy atom. The summed E-state index contributed by atoms with van der Waals surface area (Å²) in [4.78, 5) is 2.08. The Morgan fingerprint density at radius 1 is 1.53 bits per heavy atom. The Hall–Kier alpha value is -0.600. The van der Waals surface area contributed by atoms with Gasteiger partial charge in [-0.15, -0.1) is 0 Å². The summed E-state index contributed by atoms with van der Waals surface area (Å²) in [6.07, 6.45) is 4.56. The zero-order valence-corrected chi connectivity index (χ0v) is 10.9. The summed E-state index contributed by atoms with van der Waals surface area (Å²) >= 11 is 0. The van der Waals surface area contributed by atoms with Crippen molar-refractivity contribution in [3.8, 4) is 0 Å². The molecule has 0 saturated carbocycles. The van der Waals surface area contributed by atoms with E-state index in [0.717, 1.165) is 13.1 Å². The molecule has 4 nitrogen and oxygen atoms in total. The highest BCUT2D eigenvalue weighted by Crippen LogP contribution is 2.36. The molecule has 1 heterocycles. The van der Waals surface area contributed by atoms with Crippen LogP contribution in [0.15, 0.2) is 12.4 Å². The van der Waals surface area contributed by atoms with Crippen LogP contribution in [0, 0.1) is 0 Å². The SMILES string of the molecule is CCn1cc(CN(C)CP(C)(C)=O)cn1. The van der Waals surface area contributed by atoms with Crippen LogP contribution in [-0.4, -0.2) is 41.3 Å². The van der Waals surface area contributed by atoms with Crippen molar-refractivity contribution in [2.24, 2.45) is 0 Å². The molecule has 1 aromatic heterocycles. The third-order valence-electron chi connectivity index (χ3n) is 2.05. The minimum absolute atomic E-state index is 0.657. The van der Waals surface area contributed by atoms with Gasteiger partial charge in [-0.3, -0.25) is 9.58 Å². The maximum Gasteiger partial charge on any atom is 0.0951 e. The van der Waals surface area contributed by atoms with Gasteiger partial charge in [-0.1, -0.05) is 0 Å². The first-order valence-electron chi connectivity index (χ1n) is 5.14. The lowest BCUT2D eigenvalue weighted by Crippen LogP contribution is -2.18. The highest BCUT2D eigenvalue weighted by molar-refractivity contribution is 7.62. The Balaban J connectivity index is 2.51. The third kappa shape index (κ3) is 4.63. The lowest BCUT2D eigenvalue weighted by molar-refractivity contribution is 0.375. The molecule has 0 aromatic carbocycles. The van der Waals surface area contributed by atoms with Crippen LogP contribution in [0.4, 0.5) is 0 Å². The van der Waals surface area contributed by atoms with Gasteiger partial charge < -0.3 is 4.57 Å². The Bertz CT molecular complexity index is 355. The third-order valence-corrected chi connectivity index (χ3v) is 3.21. The van der Waals surface area contributed by atoms with Gasteiger partial charge >= 0.3 is 0 Å². The fourth-order valence-corrected chi connectivity index (χ4v) is 2.87. The van der Waals surface area contributed by atoms with Gasteiger partial charge in [-0.25, -0.2) is 0 Å². The molecule has 0 aliphatic carbocycles. The molecule has 0 amide bonds. The van der Waals surface area contributed by atoms with Crippen molar-refractivity contribution in [2.75, 3.05) is 26.7 Å². The lowest BCUT2D eigenvalue weighted by atomic mass is 10.3. The number of aryl methyl sites for hydroxylation is 1. The van der Waals surface area contributed by atoms with Gasteiger partial charge in [0, 0.05) is 24.8 Å². The largest absolute Gasteiger partial charge is 0.323 e. The molecule has 1 aromatic rings. The summed E-state index contributed by atoms with van der Waals surface area (Å²) in [7, 11) is 0.0288. The van der Waals surface area contributed by atoms with Gasteiger partial charge in [0.2, 0.25) is 0 Å². The maximum absolute atomic E-state index is 11.6. The van der Waals surface area contributed by atoms with Crippen molar-refractivity contribution in [3.63, 3.8) is 0 Å².